The second kappa shape index (κ2) is 12.0. The van der Waals surface area contributed by atoms with Gasteiger partial charge in [0.2, 0.25) is 13.5 Å². The van der Waals surface area contributed by atoms with Gasteiger partial charge in [0.1, 0.15) is 5.76 Å². The summed E-state index contributed by atoms with van der Waals surface area (Å²) in [7, 11) is 0. The number of fused-ring (bicyclic) bond motifs is 6. The summed E-state index contributed by atoms with van der Waals surface area (Å²) in [6, 6.07) is 54.0. The SMILES string of the molecule is Cc1cc2c3c(c1)N(c1cccc(-c4cc5ccccc5s4)c1)c1cc(-c4cc5ccccc5s4)ccc1B3C1=C(C3=C(CC1)OCO3)N2c1ccccc1. The average molecular weight is 745 g/mol. The van der Waals surface area contributed by atoms with Gasteiger partial charge in [-0.1, -0.05) is 84.3 Å². The maximum atomic E-state index is 6.38. The molecule has 0 bridgehead atoms. The molecule has 0 N–H and O–H groups in total. The molecule has 0 saturated carbocycles. The summed E-state index contributed by atoms with van der Waals surface area (Å²) in [5, 5.41) is 2.57. The smallest absolute Gasteiger partial charge is 0.247 e. The summed E-state index contributed by atoms with van der Waals surface area (Å²) < 4.78 is 15.1. The summed E-state index contributed by atoms with van der Waals surface area (Å²) in [6.45, 7) is 2.56. The van der Waals surface area contributed by atoms with Crippen LogP contribution in [0.3, 0.4) is 0 Å². The second-order valence-electron chi connectivity index (χ2n) is 14.8. The highest BCUT2D eigenvalue weighted by Gasteiger charge is 2.48. The highest BCUT2D eigenvalue weighted by atomic mass is 32.1. The van der Waals surface area contributed by atoms with Gasteiger partial charge in [-0.2, -0.15) is 0 Å². The summed E-state index contributed by atoms with van der Waals surface area (Å²) in [5.41, 5.74) is 14.8. The largest absolute Gasteiger partial charge is 0.458 e. The first-order valence-electron chi connectivity index (χ1n) is 18.9. The van der Waals surface area contributed by atoms with E-state index in [0.717, 1.165) is 41.4 Å². The fourth-order valence-electron chi connectivity index (χ4n) is 9.23. The molecule has 6 aromatic carbocycles. The topological polar surface area (TPSA) is 24.9 Å². The van der Waals surface area contributed by atoms with E-state index in [1.165, 1.54) is 80.1 Å². The van der Waals surface area contributed by atoms with Crippen molar-refractivity contribution in [3.8, 4) is 20.9 Å². The van der Waals surface area contributed by atoms with E-state index in [9.17, 15) is 0 Å². The van der Waals surface area contributed by atoms with Crippen molar-refractivity contribution in [3.05, 3.63) is 174 Å². The lowest BCUT2D eigenvalue weighted by Gasteiger charge is -2.46. The molecule has 5 heterocycles. The maximum absolute atomic E-state index is 6.38. The van der Waals surface area contributed by atoms with E-state index >= 15 is 0 Å². The van der Waals surface area contributed by atoms with Gasteiger partial charge in [0.25, 0.3) is 0 Å². The Morgan fingerprint density at radius 3 is 1.98 bits per heavy atom. The number of allylic oxidation sites excluding steroid dienone is 2. The molecule has 2 aromatic heterocycles. The van der Waals surface area contributed by atoms with Crippen molar-refractivity contribution in [2.75, 3.05) is 16.6 Å². The Morgan fingerprint density at radius 2 is 1.24 bits per heavy atom. The summed E-state index contributed by atoms with van der Waals surface area (Å²) >= 11 is 3.72. The molecule has 0 atom stereocenters. The second-order valence-corrected chi connectivity index (χ2v) is 17.0. The van der Waals surface area contributed by atoms with Gasteiger partial charge in [-0.15, -0.1) is 22.7 Å². The van der Waals surface area contributed by atoms with Crippen LogP contribution in [0, 0.1) is 6.92 Å². The lowest BCUT2D eigenvalue weighted by atomic mass is 9.32. The quantitative estimate of drug-likeness (QED) is 0.168. The molecule has 8 aromatic rings. The molecule has 3 aliphatic heterocycles. The third-order valence-corrected chi connectivity index (χ3v) is 13.9. The van der Waals surface area contributed by atoms with Crippen LogP contribution in [0.1, 0.15) is 18.4 Å². The molecular formula is C48H33BN2O2S2. The number of benzene rings is 6. The monoisotopic (exact) mass is 744 g/mol. The molecule has 4 aliphatic rings. The molecule has 55 heavy (non-hydrogen) atoms. The van der Waals surface area contributed by atoms with Gasteiger partial charge in [-0.25, -0.2) is 0 Å². The Labute approximate surface area is 327 Å². The summed E-state index contributed by atoms with van der Waals surface area (Å²) in [6.07, 6.45) is 1.73. The minimum absolute atomic E-state index is 0.0623. The fourth-order valence-corrected chi connectivity index (χ4v) is 11.3. The van der Waals surface area contributed by atoms with E-state index in [4.69, 9.17) is 9.47 Å². The van der Waals surface area contributed by atoms with Crippen molar-refractivity contribution in [1.82, 2.24) is 0 Å². The number of anilines is 5. The maximum Gasteiger partial charge on any atom is 0.247 e. The van der Waals surface area contributed by atoms with E-state index in [1.54, 1.807) is 0 Å². The first kappa shape index (κ1) is 31.3. The third kappa shape index (κ3) is 4.76. The van der Waals surface area contributed by atoms with E-state index in [1.807, 2.05) is 22.7 Å². The Kier molecular flexibility index (Phi) is 6.83. The number of rotatable bonds is 4. The Bertz CT molecular complexity index is 2890. The number of nitrogens with zero attached hydrogens (tertiary/aromatic N) is 2. The van der Waals surface area contributed by atoms with Crippen molar-refractivity contribution >= 4 is 88.9 Å². The van der Waals surface area contributed by atoms with Crippen LogP contribution in [0.4, 0.5) is 28.4 Å². The van der Waals surface area contributed by atoms with Crippen LogP contribution in [-0.2, 0) is 9.47 Å². The summed E-state index contributed by atoms with van der Waals surface area (Å²) in [5.74, 6) is 1.85. The predicted molar refractivity (Wildman–Crippen MR) is 231 cm³/mol. The Morgan fingerprint density at radius 1 is 0.564 bits per heavy atom. The number of thiophene rings is 2. The van der Waals surface area contributed by atoms with Crippen LogP contribution in [0.2, 0.25) is 0 Å². The van der Waals surface area contributed by atoms with Crippen LogP contribution < -0.4 is 20.7 Å². The minimum atomic E-state index is 0.0623. The molecule has 0 radical (unpaired) electrons. The average Bonchev–Trinajstić information content (AvgIpc) is 4.00. The lowest BCUT2D eigenvalue weighted by molar-refractivity contribution is 0.0719. The molecule has 7 heteroatoms. The molecule has 0 amide bonds. The van der Waals surface area contributed by atoms with E-state index < -0.39 is 0 Å². The van der Waals surface area contributed by atoms with Crippen LogP contribution in [0.5, 0.6) is 0 Å². The Hall–Kier alpha value is -6.02. The van der Waals surface area contributed by atoms with Crippen molar-refractivity contribution in [2.45, 2.75) is 19.8 Å². The molecule has 0 fully saturated rings. The number of hydrogen-bond acceptors (Lipinski definition) is 6. The minimum Gasteiger partial charge on any atom is -0.458 e. The van der Waals surface area contributed by atoms with Gasteiger partial charge in [0.15, 0.2) is 5.76 Å². The van der Waals surface area contributed by atoms with Gasteiger partial charge in [0.05, 0.1) is 5.70 Å². The molecule has 1 aliphatic carbocycles. The van der Waals surface area contributed by atoms with Gasteiger partial charge < -0.3 is 19.3 Å². The molecule has 262 valence electrons. The van der Waals surface area contributed by atoms with Crippen molar-refractivity contribution in [1.29, 1.82) is 0 Å². The van der Waals surface area contributed by atoms with Gasteiger partial charge in [-0.3, -0.25) is 0 Å². The number of para-hydroxylation sites is 1. The van der Waals surface area contributed by atoms with Crippen LogP contribution in [0.25, 0.3) is 41.1 Å². The molecule has 0 unspecified atom stereocenters. The molecule has 4 nitrogen and oxygen atoms in total. The number of hydrogen-bond donors (Lipinski definition) is 0. The van der Waals surface area contributed by atoms with E-state index in [0.29, 0.717) is 0 Å². The highest BCUT2D eigenvalue weighted by molar-refractivity contribution is 7.22. The van der Waals surface area contributed by atoms with Crippen molar-refractivity contribution in [3.63, 3.8) is 0 Å². The van der Waals surface area contributed by atoms with Gasteiger partial charge in [-0.05, 0) is 118 Å². The normalized spacial score (nSPS) is 15.5. The third-order valence-electron chi connectivity index (χ3n) is 11.6. The molecular weight excluding hydrogens is 711 g/mol. The van der Waals surface area contributed by atoms with Crippen LogP contribution in [-0.4, -0.2) is 13.5 Å². The predicted octanol–water partition coefficient (Wildman–Crippen LogP) is 12.1. The van der Waals surface area contributed by atoms with E-state index in [-0.39, 0.29) is 13.5 Å². The zero-order valence-corrected chi connectivity index (χ0v) is 31.7. The number of ether oxygens (including phenoxy) is 2. The summed E-state index contributed by atoms with van der Waals surface area (Å²) in [4.78, 5) is 7.55. The number of aryl methyl sites for hydroxylation is 1. The van der Waals surface area contributed by atoms with Crippen molar-refractivity contribution in [2.24, 2.45) is 0 Å². The van der Waals surface area contributed by atoms with E-state index in [2.05, 4.69) is 162 Å². The Balaban J connectivity index is 1.13. The molecule has 12 rings (SSSR count). The zero-order chi connectivity index (χ0) is 36.2. The van der Waals surface area contributed by atoms with Crippen LogP contribution >= 0.6 is 22.7 Å². The van der Waals surface area contributed by atoms with Gasteiger partial charge >= 0.3 is 0 Å². The van der Waals surface area contributed by atoms with Crippen LogP contribution in [0.15, 0.2) is 168 Å². The first-order valence-corrected chi connectivity index (χ1v) is 20.5. The fraction of sp³-hybridized carbons (Fsp3) is 0.0833. The standard InChI is InChI=1S/C48H33BN2O2S2/c1-29-22-39-46-40(23-29)51(34-13-3-2-4-14-34)47-37(20-21-41-48(47)53-28-52-41)49(46)36-19-18-33(45-27-32-11-6-8-17-43(32)55-45)25-38(36)50(39)35-15-9-12-30(24-35)44-26-31-10-5-7-16-42(31)54-44/h2-19,22-27H,20-21,28H2,1H3. The lowest BCUT2D eigenvalue weighted by Crippen LogP contribution is -2.56. The highest BCUT2D eigenvalue weighted by Crippen LogP contribution is 2.51. The molecule has 0 saturated heterocycles. The van der Waals surface area contributed by atoms with Crippen molar-refractivity contribution < 1.29 is 9.47 Å². The zero-order valence-electron chi connectivity index (χ0n) is 30.1. The van der Waals surface area contributed by atoms with Gasteiger partial charge in [0, 0.05) is 54.0 Å². The molecule has 0 spiro atoms. The first-order chi connectivity index (χ1) is 27.2.